The van der Waals surface area contributed by atoms with Gasteiger partial charge in [0.15, 0.2) is 0 Å². The Labute approximate surface area is 135 Å². The number of sulfonamides is 1. The molecular weight excluding hydrogens is 317 g/mol. The molecule has 1 aliphatic rings. The van der Waals surface area contributed by atoms with E-state index in [1.165, 1.54) is 31.4 Å². The number of ether oxygens (including phenoxy) is 1. The third kappa shape index (κ3) is 3.38. The lowest BCUT2D eigenvalue weighted by Crippen LogP contribution is -2.32. The summed E-state index contributed by atoms with van der Waals surface area (Å²) in [6, 6.07) is 12.6. The van der Waals surface area contributed by atoms with Crippen molar-refractivity contribution in [2.75, 3.05) is 13.7 Å². The SMILES string of the molecule is COc1cccc(S(=O)(=O)NCC2(c3ccc(F)cc3)CC2)c1. The number of hydrogen-bond donors (Lipinski definition) is 1. The van der Waals surface area contributed by atoms with Crippen molar-refractivity contribution in [3.63, 3.8) is 0 Å². The van der Waals surface area contributed by atoms with Gasteiger partial charge in [0.05, 0.1) is 12.0 Å². The molecule has 3 rings (SSSR count). The Bertz CT molecular complexity index is 799. The Morgan fingerprint density at radius 3 is 2.48 bits per heavy atom. The Balaban J connectivity index is 1.75. The molecule has 23 heavy (non-hydrogen) atoms. The minimum Gasteiger partial charge on any atom is -0.497 e. The first-order valence-electron chi connectivity index (χ1n) is 7.35. The number of halogens is 1. The van der Waals surface area contributed by atoms with Crippen LogP contribution in [0.15, 0.2) is 53.4 Å². The molecule has 1 N–H and O–H groups in total. The van der Waals surface area contributed by atoms with Crippen molar-refractivity contribution < 1.29 is 17.5 Å². The summed E-state index contributed by atoms with van der Waals surface area (Å²) >= 11 is 0. The van der Waals surface area contributed by atoms with Gasteiger partial charge in [-0.15, -0.1) is 0 Å². The molecule has 2 aromatic rings. The van der Waals surface area contributed by atoms with Gasteiger partial charge < -0.3 is 4.74 Å². The van der Waals surface area contributed by atoms with Crippen molar-refractivity contribution in [3.8, 4) is 5.75 Å². The van der Waals surface area contributed by atoms with Crippen LogP contribution in [0.25, 0.3) is 0 Å². The van der Waals surface area contributed by atoms with E-state index in [0.29, 0.717) is 12.3 Å². The van der Waals surface area contributed by atoms with Gasteiger partial charge >= 0.3 is 0 Å². The second kappa shape index (κ2) is 5.94. The van der Waals surface area contributed by atoms with Crippen molar-refractivity contribution in [2.24, 2.45) is 0 Å². The number of benzene rings is 2. The predicted molar refractivity (Wildman–Crippen MR) is 85.5 cm³/mol. The number of rotatable bonds is 6. The van der Waals surface area contributed by atoms with Gasteiger partial charge in [0.2, 0.25) is 10.0 Å². The van der Waals surface area contributed by atoms with Crippen molar-refractivity contribution in [2.45, 2.75) is 23.2 Å². The maximum absolute atomic E-state index is 13.0. The molecule has 1 saturated carbocycles. The molecule has 0 amide bonds. The van der Waals surface area contributed by atoms with E-state index < -0.39 is 10.0 Å². The normalized spacial score (nSPS) is 16.1. The summed E-state index contributed by atoms with van der Waals surface area (Å²) in [4.78, 5) is 0.173. The van der Waals surface area contributed by atoms with Crippen LogP contribution in [0.1, 0.15) is 18.4 Å². The highest BCUT2D eigenvalue weighted by Crippen LogP contribution is 2.47. The Morgan fingerprint density at radius 1 is 1.17 bits per heavy atom. The molecule has 0 radical (unpaired) electrons. The lowest BCUT2D eigenvalue weighted by molar-refractivity contribution is 0.413. The van der Waals surface area contributed by atoms with Gasteiger partial charge in [-0.3, -0.25) is 0 Å². The van der Waals surface area contributed by atoms with E-state index >= 15 is 0 Å². The molecule has 0 saturated heterocycles. The molecular formula is C17H18FNO3S. The van der Waals surface area contributed by atoms with Gasteiger partial charge in [-0.05, 0) is 42.7 Å². The standard InChI is InChI=1S/C17H18FNO3S/c1-22-15-3-2-4-16(11-15)23(20,21)19-12-17(9-10-17)13-5-7-14(18)8-6-13/h2-8,11,19H,9-10,12H2,1H3. The smallest absolute Gasteiger partial charge is 0.240 e. The summed E-state index contributed by atoms with van der Waals surface area (Å²) in [5.74, 6) is 0.203. The third-order valence-electron chi connectivity index (χ3n) is 4.26. The van der Waals surface area contributed by atoms with Crippen LogP contribution in [0, 0.1) is 5.82 Å². The Hall–Kier alpha value is -1.92. The fourth-order valence-corrected chi connectivity index (χ4v) is 3.77. The molecule has 1 fully saturated rings. The van der Waals surface area contributed by atoms with Crippen LogP contribution in [0.2, 0.25) is 0 Å². The van der Waals surface area contributed by atoms with E-state index in [-0.39, 0.29) is 16.1 Å². The van der Waals surface area contributed by atoms with Gasteiger partial charge in [-0.25, -0.2) is 17.5 Å². The van der Waals surface area contributed by atoms with Crippen molar-refractivity contribution >= 4 is 10.0 Å². The number of hydrogen-bond acceptors (Lipinski definition) is 3. The molecule has 0 atom stereocenters. The molecule has 4 nitrogen and oxygen atoms in total. The number of nitrogens with one attached hydrogen (secondary N) is 1. The van der Waals surface area contributed by atoms with Crippen LogP contribution < -0.4 is 9.46 Å². The summed E-state index contributed by atoms with van der Waals surface area (Å²) in [5.41, 5.74) is 0.742. The Kier molecular flexibility index (Phi) is 4.12. The summed E-state index contributed by atoms with van der Waals surface area (Å²) in [7, 11) is -2.11. The molecule has 0 unspecified atom stereocenters. The van der Waals surface area contributed by atoms with E-state index in [4.69, 9.17) is 4.74 Å². The van der Waals surface area contributed by atoms with Gasteiger partial charge in [-0.2, -0.15) is 0 Å². The average molecular weight is 335 g/mol. The highest BCUT2D eigenvalue weighted by molar-refractivity contribution is 7.89. The van der Waals surface area contributed by atoms with Gasteiger partial charge in [0, 0.05) is 18.0 Å². The van der Waals surface area contributed by atoms with Gasteiger partial charge in [-0.1, -0.05) is 18.2 Å². The van der Waals surface area contributed by atoms with Crippen LogP contribution in [0.3, 0.4) is 0 Å². The van der Waals surface area contributed by atoms with Gasteiger partial charge in [0.25, 0.3) is 0 Å². The van der Waals surface area contributed by atoms with Gasteiger partial charge in [0.1, 0.15) is 11.6 Å². The zero-order chi connectivity index (χ0) is 16.5. The predicted octanol–water partition coefficient (Wildman–Crippen LogP) is 2.84. The Morgan fingerprint density at radius 2 is 1.87 bits per heavy atom. The van der Waals surface area contributed by atoms with Crippen molar-refractivity contribution in [1.82, 2.24) is 4.72 Å². The van der Waals surface area contributed by atoms with Crippen LogP contribution in [0.5, 0.6) is 5.75 Å². The molecule has 0 aliphatic heterocycles. The second-order valence-corrected chi connectivity index (χ2v) is 7.56. The number of methoxy groups -OCH3 is 1. The average Bonchev–Trinajstić information content (AvgIpc) is 3.35. The first-order chi connectivity index (χ1) is 11.0. The molecule has 0 aromatic heterocycles. The van der Waals surface area contributed by atoms with Crippen LogP contribution in [-0.4, -0.2) is 22.1 Å². The first-order valence-corrected chi connectivity index (χ1v) is 8.83. The fraction of sp³-hybridized carbons (Fsp3) is 0.294. The lowest BCUT2D eigenvalue weighted by Gasteiger charge is -2.17. The van der Waals surface area contributed by atoms with Crippen molar-refractivity contribution in [3.05, 3.63) is 59.9 Å². The molecule has 2 aromatic carbocycles. The minimum absolute atomic E-state index is 0.173. The quantitative estimate of drug-likeness (QED) is 0.883. The molecule has 0 bridgehead atoms. The van der Waals surface area contributed by atoms with E-state index in [0.717, 1.165) is 18.4 Å². The monoisotopic (exact) mass is 335 g/mol. The summed E-state index contributed by atoms with van der Waals surface area (Å²) in [6.07, 6.45) is 1.78. The van der Waals surface area contributed by atoms with Crippen LogP contribution in [0.4, 0.5) is 4.39 Å². The second-order valence-electron chi connectivity index (χ2n) is 5.79. The van der Waals surface area contributed by atoms with Crippen LogP contribution in [-0.2, 0) is 15.4 Å². The summed E-state index contributed by atoms with van der Waals surface area (Å²) in [6.45, 7) is 0.304. The first kappa shape index (κ1) is 16.0. The van der Waals surface area contributed by atoms with E-state index in [1.54, 1.807) is 24.3 Å². The zero-order valence-corrected chi connectivity index (χ0v) is 13.6. The molecule has 0 spiro atoms. The maximum Gasteiger partial charge on any atom is 0.240 e. The highest BCUT2D eigenvalue weighted by Gasteiger charge is 2.44. The van der Waals surface area contributed by atoms with E-state index in [9.17, 15) is 12.8 Å². The minimum atomic E-state index is -3.61. The van der Waals surface area contributed by atoms with Crippen molar-refractivity contribution in [1.29, 1.82) is 0 Å². The topological polar surface area (TPSA) is 55.4 Å². The van der Waals surface area contributed by atoms with E-state index in [2.05, 4.69) is 4.72 Å². The fourth-order valence-electron chi connectivity index (χ4n) is 2.61. The molecule has 6 heteroatoms. The summed E-state index contributed by atoms with van der Waals surface area (Å²) in [5, 5.41) is 0. The molecule has 0 heterocycles. The maximum atomic E-state index is 13.0. The third-order valence-corrected chi connectivity index (χ3v) is 5.66. The summed E-state index contributed by atoms with van der Waals surface area (Å²) < 4.78 is 45.6. The largest absolute Gasteiger partial charge is 0.497 e. The zero-order valence-electron chi connectivity index (χ0n) is 12.8. The highest BCUT2D eigenvalue weighted by atomic mass is 32.2. The van der Waals surface area contributed by atoms with E-state index in [1.807, 2.05) is 0 Å². The molecule has 122 valence electrons. The lowest BCUT2D eigenvalue weighted by atomic mass is 9.96. The van der Waals surface area contributed by atoms with Crippen LogP contribution >= 0.6 is 0 Å². The molecule has 1 aliphatic carbocycles.